The van der Waals surface area contributed by atoms with Crippen LogP contribution in [-0.4, -0.2) is 27.8 Å². The Hall–Kier alpha value is -2.63. The first kappa shape index (κ1) is 20.1. The summed E-state index contributed by atoms with van der Waals surface area (Å²) in [5.41, 5.74) is 1.01. The molecule has 1 aromatic heterocycles. The van der Waals surface area contributed by atoms with Gasteiger partial charge in [-0.1, -0.05) is 44.2 Å². The number of benzene rings is 1. The summed E-state index contributed by atoms with van der Waals surface area (Å²) in [6.07, 6.45) is 7.62. The Bertz CT molecular complexity index is 750. The van der Waals surface area contributed by atoms with Crippen LogP contribution >= 0.6 is 0 Å². The van der Waals surface area contributed by atoms with Crippen molar-refractivity contribution in [3.63, 3.8) is 0 Å². The summed E-state index contributed by atoms with van der Waals surface area (Å²) in [5, 5.41) is 5.75. The fourth-order valence-electron chi connectivity index (χ4n) is 3.93. The predicted molar refractivity (Wildman–Crippen MR) is 110 cm³/mol. The number of carbonyl (C=O) groups is 2. The van der Waals surface area contributed by atoms with Crippen molar-refractivity contribution in [1.29, 1.82) is 0 Å². The summed E-state index contributed by atoms with van der Waals surface area (Å²) >= 11 is 0. The van der Waals surface area contributed by atoms with Crippen molar-refractivity contribution in [2.45, 2.75) is 52.0 Å². The maximum absolute atomic E-state index is 12.9. The minimum Gasteiger partial charge on any atom is -0.344 e. The van der Waals surface area contributed by atoms with Gasteiger partial charge >= 0.3 is 0 Å². The van der Waals surface area contributed by atoms with Gasteiger partial charge in [0.2, 0.25) is 17.8 Å². The molecule has 150 valence electrons. The van der Waals surface area contributed by atoms with Gasteiger partial charge in [-0.2, -0.15) is 0 Å². The highest BCUT2D eigenvalue weighted by molar-refractivity contribution is 5.96. The maximum Gasteiger partial charge on any atom is 0.249 e. The van der Waals surface area contributed by atoms with Crippen LogP contribution in [0.15, 0.2) is 42.7 Å². The molecule has 2 amide bonds. The van der Waals surface area contributed by atoms with Crippen LogP contribution in [0.1, 0.15) is 45.1 Å². The Morgan fingerprint density at radius 3 is 2.46 bits per heavy atom. The van der Waals surface area contributed by atoms with Gasteiger partial charge in [-0.05, 0) is 43.1 Å². The van der Waals surface area contributed by atoms with Crippen molar-refractivity contribution < 1.29 is 9.59 Å². The lowest BCUT2D eigenvalue weighted by Gasteiger charge is -2.31. The van der Waals surface area contributed by atoms with Crippen LogP contribution in [0.2, 0.25) is 0 Å². The Balaban J connectivity index is 1.64. The second kappa shape index (κ2) is 9.53. The quantitative estimate of drug-likeness (QED) is 0.684. The lowest BCUT2D eigenvalue weighted by atomic mass is 9.76. The minimum absolute atomic E-state index is 0.00955. The lowest BCUT2D eigenvalue weighted by molar-refractivity contribution is -0.130. The van der Waals surface area contributed by atoms with Gasteiger partial charge < -0.3 is 10.3 Å². The van der Waals surface area contributed by atoms with Crippen molar-refractivity contribution in [2.24, 2.45) is 17.8 Å². The number of anilines is 1. The van der Waals surface area contributed by atoms with E-state index in [2.05, 4.69) is 34.4 Å². The molecule has 0 radical (unpaired) electrons. The highest BCUT2D eigenvalue weighted by atomic mass is 16.2. The van der Waals surface area contributed by atoms with E-state index in [1.54, 1.807) is 12.4 Å². The molecule has 1 aromatic carbocycles. The molecule has 1 aliphatic carbocycles. The van der Waals surface area contributed by atoms with Crippen LogP contribution < -0.4 is 10.6 Å². The third kappa shape index (κ3) is 5.44. The van der Waals surface area contributed by atoms with Crippen LogP contribution in [0, 0.1) is 17.8 Å². The Morgan fingerprint density at radius 2 is 1.86 bits per heavy atom. The normalized spacial score (nSPS) is 20.5. The molecule has 1 atom stereocenters. The number of hydrogen-bond donors (Lipinski definition) is 3. The van der Waals surface area contributed by atoms with Crippen LogP contribution in [0.25, 0.3) is 0 Å². The molecule has 3 N–H and O–H groups in total. The molecule has 3 rings (SSSR count). The van der Waals surface area contributed by atoms with Crippen molar-refractivity contribution in [3.05, 3.63) is 48.3 Å². The second-order valence-electron chi connectivity index (χ2n) is 8.03. The minimum atomic E-state index is -0.636. The van der Waals surface area contributed by atoms with Crippen LogP contribution in [0.4, 0.5) is 5.95 Å². The van der Waals surface area contributed by atoms with E-state index in [1.165, 1.54) is 0 Å². The molecule has 2 aromatic rings. The number of rotatable bonds is 7. The Kier molecular flexibility index (Phi) is 6.85. The largest absolute Gasteiger partial charge is 0.344 e. The summed E-state index contributed by atoms with van der Waals surface area (Å²) in [4.78, 5) is 32.6. The standard InChI is InChI=1S/C22H30N4O2/c1-15(2)17-8-10-18(11-9-17)20(27)25-19(14-16-6-4-3-5-7-16)21(28)26-22-23-12-13-24-22/h3-7,12-13,15,17-19H,8-11,14H2,1-2H3,(H,25,27)(H2,23,24,26,28)/t17?,18?,19-/m1/s1. The van der Waals surface area contributed by atoms with Gasteiger partial charge in [-0.3, -0.25) is 14.9 Å². The molecule has 1 saturated carbocycles. The fourth-order valence-corrected chi connectivity index (χ4v) is 3.93. The van der Waals surface area contributed by atoms with Gasteiger partial charge in [0.05, 0.1) is 0 Å². The molecule has 6 heteroatoms. The van der Waals surface area contributed by atoms with E-state index in [1.807, 2.05) is 30.3 Å². The monoisotopic (exact) mass is 382 g/mol. The number of carbonyl (C=O) groups excluding carboxylic acids is 2. The third-order valence-corrected chi connectivity index (χ3v) is 5.74. The smallest absolute Gasteiger partial charge is 0.249 e. The summed E-state index contributed by atoms with van der Waals surface area (Å²) in [6.45, 7) is 4.50. The van der Waals surface area contributed by atoms with Gasteiger partial charge in [-0.25, -0.2) is 4.98 Å². The number of imidazole rings is 1. The van der Waals surface area contributed by atoms with Gasteiger partial charge in [-0.15, -0.1) is 0 Å². The van der Waals surface area contributed by atoms with Gasteiger partial charge in [0, 0.05) is 24.7 Å². The van der Waals surface area contributed by atoms with Crippen molar-refractivity contribution in [2.75, 3.05) is 5.32 Å². The molecular weight excluding hydrogens is 352 g/mol. The average Bonchev–Trinajstić information content (AvgIpc) is 3.21. The SMILES string of the molecule is CC(C)C1CCC(C(=O)N[C@H](Cc2ccccc2)C(=O)Nc2ncc[nH]2)CC1. The topological polar surface area (TPSA) is 86.9 Å². The summed E-state index contributed by atoms with van der Waals surface area (Å²) in [5.74, 6) is 1.46. The Labute approximate surface area is 166 Å². The second-order valence-corrected chi connectivity index (χ2v) is 8.03. The van der Waals surface area contributed by atoms with E-state index >= 15 is 0 Å². The van der Waals surface area contributed by atoms with Crippen molar-refractivity contribution >= 4 is 17.8 Å². The molecular formula is C22H30N4O2. The first-order valence-electron chi connectivity index (χ1n) is 10.2. The number of H-pyrrole nitrogens is 1. The number of amides is 2. The number of hydrogen-bond acceptors (Lipinski definition) is 3. The molecule has 1 heterocycles. The van der Waals surface area contributed by atoms with E-state index in [-0.39, 0.29) is 17.7 Å². The zero-order valence-electron chi connectivity index (χ0n) is 16.7. The molecule has 0 unspecified atom stereocenters. The third-order valence-electron chi connectivity index (χ3n) is 5.74. The van der Waals surface area contributed by atoms with Crippen molar-refractivity contribution in [3.8, 4) is 0 Å². The Morgan fingerprint density at radius 1 is 1.14 bits per heavy atom. The number of aromatic amines is 1. The first-order valence-corrected chi connectivity index (χ1v) is 10.2. The predicted octanol–water partition coefficient (Wildman–Crippen LogP) is 3.54. The number of aromatic nitrogens is 2. The molecule has 6 nitrogen and oxygen atoms in total. The average molecular weight is 383 g/mol. The van der Waals surface area contributed by atoms with Gasteiger partial charge in [0.15, 0.2) is 0 Å². The van der Waals surface area contributed by atoms with E-state index in [9.17, 15) is 9.59 Å². The van der Waals surface area contributed by atoms with E-state index in [0.29, 0.717) is 24.2 Å². The highest BCUT2D eigenvalue weighted by Gasteiger charge is 2.30. The number of nitrogens with one attached hydrogen (secondary N) is 3. The van der Waals surface area contributed by atoms with E-state index in [4.69, 9.17) is 0 Å². The molecule has 0 aliphatic heterocycles. The zero-order valence-corrected chi connectivity index (χ0v) is 16.7. The summed E-state index contributed by atoms with van der Waals surface area (Å²) in [6, 6.07) is 9.10. The molecule has 28 heavy (non-hydrogen) atoms. The zero-order chi connectivity index (χ0) is 19.9. The van der Waals surface area contributed by atoms with Crippen LogP contribution in [0.3, 0.4) is 0 Å². The fraction of sp³-hybridized carbons (Fsp3) is 0.500. The summed E-state index contributed by atoms with van der Waals surface area (Å²) < 4.78 is 0. The van der Waals surface area contributed by atoms with Crippen molar-refractivity contribution in [1.82, 2.24) is 15.3 Å². The van der Waals surface area contributed by atoms with E-state index < -0.39 is 6.04 Å². The highest BCUT2D eigenvalue weighted by Crippen LogP contribution is 2.33. The molecule has 1 aliphatic rings. The maximum atomic E-state index is 12.9. The molecule has 0 spiro atoms. The van der Waals surface area contributed by atoms with E-state index in [0.717, 1.165) is 31.2 Å². The number of nitrogens with zero attached hydrogens (tertiary/aromatic N) is 1. The molecule has 1 fully saturated rings. The van der Waals surface area contributed by atoms with Gasteiger partial charge in [0.25, 0.3) is 0 Å². The van der Waals surface area contributed by atoms with Gasteiger partial charge in [0.1, 0.15) is 6.04 Å². The molecule has 0 saturated heterocycles. The lowest BCUT2D eigenvalue weighted by Crippen LogP contribution is -2.48. The van der Waals surface area contributed by atoms with Crippen LogP contribution in [0.5, 0.6) is 0 Å². The molecule has 0 bridgehead atoms. The van der Waals surface area contributed by atoms with Crippen LogP contribution in [-0.2, 0) is 16.0 Å². The first-order chi connectivity index (χ1) is 13.5. The summed E-state index contributed by atoms with van der Waals surface area (Å²) in [7, 11) is 0.